The molecule has 0 atom stereocenters. The van der Waals surface area contributed by atoms with Gasteiger partial charge in [0.2, 0.25) is 5.91 Å². The van der Waals surface area contributed by atoms with E-state index in [1.54, 1.807) is 0 Å². The fraction of sp³-hybridized carbons (Fsp3) is 0.350. The van der Waals surface area contributed by atoms with E-state index in [2.05, 4.69) is 50.4 Å². The number of hydrogen-bond donors (Lipinski definition) is 1. The number of benzene rings is 2. The zero-order valence-corrected chi connectivity index (χ0v) is 14.1. The van der Waals surface area contributed by atoms with Crippen LogP contribution in [0.2, 0.25) is 0 Å². The first-order chi connectivity index (χ1) is 11.1. The van der Waals surface area contributed by atoms with Crippen LogP contribution in [0.1, 0.15) is 36.5 Å². The summed E-state index contributed by atoms with van der Waals surface area (Å²) in [6.07, 6.45) is 0.948. The van der Waals surface area contributed by atoms with Gasteiger partial charge in [-0.05, 0) is 42.0 Å². The molecule has 0 saturated carbocycles. The Kier molecular flexibility index (Phi) is 4.37. The van der Waals surface area contributed by atoms with E-state index in [1.165, 1.54) is 16.7 Å². The highest BCUT2D eigenvalue weighted by Crippen LogP contribution is 2.29. The molecule has 1 N–H and O–H groups in total. The summed E-state index contributed by atoms with van der Waals surface area (Å²) >= 11 is 0. The van der Waals surface area contributed by atoms with E-state index in [4.69, 9.17) is 0 Å². The van der Waals surface area contributed by atoms with Crippen LogP contribution in [0, 0.1) is 6.92 Å². The number of fused-ring (bicyclic) bond motifs is 1. The summed E-state index contributed by atoms with van der Waals surface area (Å²) in [4.78, 5) is 14.5. The topological polar surface area (TPSA) is 32.3 Å². The minimum atomic E-state index is 0.132. The third-order valence-electron chi connectivity index (χ3n) is 4.53. The van der Waals surface area contributed by atoms with Crippen molar-refractivity contribution in [3.05, 3.63) is 59.2 Å². The van der Waals surface area contributed by atoms with Gasteiger partial charge in [-0.15, -0.1) is 0 Å². The summed E-state index contributed by atoms with van der Waals surface area (Å²) in [6.45, 7) is 7.56. The molecule has 0 aromatic heterocycles. The summed E-state index contributed by atoms with van der Waals surface area (Å²) in [5.41, 5.74) is 5.88. The number of anilines is 2. The van der Waals surface area contributed by atoms with Crippen molar-refractivity contribution < 1.29 is 4.79 Å². The number of aryl methyl sites for hydroxylation is 1. The van der Waals surface area contributed by atoms with Gasteiger partial charge in [-0.2, -0.15) is 0 Å². The lowest BCUT2D eigenvalue weighted by atomic mass is 9.98. The van der Waals surface area contributed by atoms with Crippen LogP contribution in [0.5, 0.6) is 0 Å². The molecule has 1 aliphatic rings. The molecule has 0 radical (unpaired) electrons. The average Bonchev–Trinajstić information content (AvgIpc) is 2.97. The third-order valence-corrected chi connectivity index (χ3v) is 4.53. The fourth-order valence-corrected chi connectivity index (χ4v) is 3.27. The first-order valence-corrected chi connectivity index (χ1v) is 8.29. The number of rotatable bonds is 4. The Bertz CT molecular complexity index is 721. The molecule has 0 unspecified atom stereocenters. The molecule has 120 valence electrons. The van der Waals surface area contributed by atoms with Crippen molar-refractivity contribution in [3.63, 3.8) is 0 Å². The van der Waals surface area contributed by atoms with E-state index < -0.39 is 0 Å². The Morgan fingerprint density at radius 1 is 1.17 bits per heavy atom. The van der Waals surface area contributed by atoms with Gasteiger partial charge in [-0.3, -0.25) is 4.79 Å². The van der Waals surface area contributed by atoms with Gasteiger partial charge in [-0.1, -0.05) is 50.2 Å². The highest BCUT2D eigenvalue weighted by Gasteiger charge is 2.24. The molecule has 1 heterocycles. The van der Waals surface area contributed by atoms with Crippen LogP contribution in [0.4, 0.5) is 11.4 Å². The molecular formula is C20H24N2O. The summed E-state index contributed by atoms with van der Waals surface area (Å²) in [5, 5.41) is 3.38. The van der Waals surface area contributed by atoms with Crippen molar-refractivity contribution in [3.8, 4) is 0 Å². The molecule has 2 aromatic carbocycles. The highest BCUT2D eigenvalue weighted by molar-refractivity contribution is 5.98. The Labute approximate surface area is 138 Å². The minimum Gasteiger partial charge on any atom is -0.376 e. The predicted octanol–water partition coefficient (Wildman–Crippen LogP) is 4.12. The van der Waals surface area contributed by atoms with E-state index in [9.17, 15) is 4.79 Å². The molecule has 0 saturated heterocycles. The molecule has 1 amide bonds. The maximum absolute atomic E-state index is 12.6. The van der Waals surface area contributed by atoms with Crippen molar-refractivity contribution in [1.82, 2.24) is 0 Å². The SMILES string of the molecule is Cc1cccc(C(C)C)c1NCC(=O)N1CCc2ccccc21. The Morgan fingerprint density at radius 3 is 2.74 bits per heavy atom. The van der Waals surface area contributed by atoms with Crippen molar-refractivity contribution in [1.29, 1.82) is 0 Å². The van der Waals surface area contributed by atoms with E-state index in [-0.39, 0.29) is 5.91 Å². The number of carbonyl (C=O) groups is 1. The quantitative estimate of drug-likeness (QED) is 0.921. The first kappa shape index (κ1) is 15.6. The number of nitrogens with one attached hydrogen (secondary N) is 1. The maximum atomic E-state index is 12.6. The predicted molar refractivity (Wildman–Crippen MR) is 96.3 cm³/mol. The highest BCUT2D eigenvalue weighted by atomic mass is 16.2. The molecule has 0 bridgehead atoms. The van der Waals surface area contributed by atoms with Gasteiger partial charge in [0, 0.05) is 17.9 Å². The summed E-state index contributed by atoms with van der Waals surface area (Å²) < 4.78 is 0. The number of carbonyl (C=O) groups excluding carboxylic acids is 1. The lowest BCUT2D eigenvalue weighted by Gasteiger charge is -2.21. The molecule has 3 heteroatoms. The van der Waals surface area contributed by atoms with E-state index in [0.29, 0.717) is 12.5 Å². The molecule has 0 fully saturated rings. The average molecular weight is 308 g/mol. The normalized spacial score (nSPS) is 13.3. The van der Waals surface area contributed by atoms with Gasteiger partial charge in [0.1, 0.15) is 0 Å². The molecule has 23 heavy (non-hydrogen) atoms. The standard InChI is InChI=1S/C20H24N2O/c1-14(2)17-9-6-7-15(3)20(17)21-13-19(23)22-12-11-16-8-4-5-10-18(16)22/h4-10,14,21H,11-13H2,1-3H3. The van der Waals surface area contributed by atoms with Crippen LogP contribution in [0.3, 0.4) is 0 Å². The van der Waals surface area contributed by atoms with Crippen molar-refractivity contribution >= 4 is 17.3 Å². The van der Waals surface area contributed by atoms with E-state index >= 15 is 0 Å². The molecule has 0 spiro atoms. The van der Waals surface area contributed by atoms with E-state index in [1.807, 2.05) is 23.1 Å². The van der Waals surface area contributed by atoms with Crippen molar-refractivity contribution in [2.24, 2.45) is 0 Å². The first-order valence-electron chi connectivity index (χ1n) is 8.29. The lowest BCUT2D eigenvalue weighted by molar-refractivity contribution is -0.116. The lowest BCUT2D eigenvalue weighted by Crippen LogP contribution is -2.34. The van der Waals surface area contributed by atoms with Crippen LogP contribution in [0.25, 0.3) is 0 Å². The van der Waals surface area contributed by atoms with Crippen LogP contribution in [-0.2, 0) is 11.2 Å². The monoisotopic (exact) mass is 308 g/mol. The molecule has 3 nitrogen and oxygen atoms in total. The van der Waals surface area contributed by atoms with Gasteiger partial charge in [0.25, 0.3) is 0 Å². The van der Waals surface area contributed by atoms with Crippen molar-refractivity contribution in [2.45, 2.75) is 33.1 Å². The zero-order valence-electron chi connectivity index (χ0n) is 14.1. The summed E-state index contributed by atoms with van der Waals surface area (Å²) in [7, 11) is 0. The third kappa shape index (κ3) is 3.09. The molecule has 2 aromatic rings. The Hall–Kier alpha value is -2.29. The Balaban J connectivity index is 1.74. The van der Waals surface area contributed by atoms with Gasteiger partial charge in [0.15, 0.2) is 0 Å². The second-order valence-corrected chi connectivity index (χ2v) is 6.47. The second-order valence-electron chi connectivity index (χ2n) is 6.47. The minimum absolute atomic E-state index is 0.132. The van der Waals surface area contributed by atoms with Crippen LogP contribution in [-0.4, -0.2) is 19.0 Å². The summed E-state index contributed by atoms with van der Waals surface area (Å²) in [6, 6.07) is 14.5. The number of nitrogens with zero attached hydrogens (tertiary/aromatic N) is 1. The fourth-order valence-electron chi connectivity index (χ4n) is 3.27. The number of amides is 1. The van der Waals surface area contributed by atoms with Crippen LogP contribution >= 0.6 is 0 Å². The Morgan fingerprint density at radius 2 is 1.96 bits per heavy atom. The number of hydrogen-bond acceptors (Lipinski definition) is 2. The molecule has 3 rings (SSSR count). The van der Waals surface area contributed by atoms with Crippen LogP contribution < -0.4 is 10.2 Å². The van der Waals surface area contributed by atoms with Gasteiger partial charge < -0.3 is 10.2 Å². The van der Waals surface area contributed by atoms with Gasteiger partial charge >= 0.3 is 0 Å². The maximum Gasteiger partial charge on any atom is 0.246 e. The van der Waals surface area contributed by atoms with Gasteiger partial charge in [0.05, 0.1) is 6.54 Å². The second kappa shape index (κ2) is 6.45. The van der Waals surface area contributed by atoms with Crippen LogP contribution in [0.15, 0.2) is 42.5 Å². The molecule has 1 aliphatic heterocycles. The smallest absolute Gasteiger partial charge is 0.246 e. The van der Waals surface area contributed by atoms with E-state index in [0.717, 1.165) is 24.3 Å². The zero-order chi connectivity index (χ0) is 16.4. The van der Waals surface area contributed by atoms with Gasteiger partial charge in [-0.25, -0.2) is 0 Å². The number of para-hydroxylation sites is 2. The summed E-state index contributed by atoms with van der Waals surface area (Å²) in [5.74, 6) is 0.563. The molecular weight excluding hydrogens is 284 g/mol. The van der Waals surface area contributed by atoms with Crippen molar-refractivity contribution in [2.75, 3.05) is 23.3 Å². The largest absolute Gasteiger partial charge is 0.376 e. The molecule has 0 aliphatic carbocycles.